The summed E-state index contributed by atoms with van der Waals surface area (Å²) in [6, 6.07) is 4.71. The largest absolute Gasteiger partial charge is 0.0652 e. The molecule has 1 aromatic rings. The number of rotatable bonds is 4. The quantitative estimate of drug-likeness (QED) is 0.638. The van der Waals surface area contributed by atoms with Gasteiger partial charge < -0.3 is 0 Å². The van der Waals surface area contributed by atoms with Gasteiger partial charge in [-0.05, 0) is 46.9 Å². The minimum absolute atomic E-state index is 0.622. The fraction of sp³-hybridized carbons (Fsp3) is 0.556. The Hall–Kier alpha value is -1.04. The molecule has 0 bridgehead atoms. The van der Waals surface area contributed by atoms with Gasteiger partial charge in [0.2, 0.25) is 0 Å². The molecule has 98 valence electrons. The van der Waals surface area contributed by atoms with E-state index in [2.05, 4.69) is 52.8 Å². The summed E-state index contributed by atoms with van der Waals surface area (Å²) in [4.78, 5) is 0. The Morgan fingerprint density at radius 2 is 1.61 bits per heavy atom. The van der Waals surface area contributed by atoms with E-state index in [1.807, 2.05) is 0 Å². The summed E-state index contributed by atoms with van der Waals surface area (Å²) in [6.07, 6.45) is 6.18. The molecule has 0 heterocycles. The molecule has 0 heteroatoms. The lowest BCUT2D eigenvalue weighted by Gasteiger charge is -2.17. The summed E-state index contributed by atoms with van der Waals surface area (Å²) < 4.78 is 0. The summed E-state index contributed by atoms with van der Waals surface area (Å²) in [7, 11) is 0. The third-order valence-electron chi connectivity index (χ3n) is 3.99. The molecule has 18 heavy (non-hydrogen) atoms. The average molecular weight is 242 g/mol. The Morgan fingerprint density at radius 1 is 1.00 bits per heavy atom. The highest BCUT2D eigenvalue weighted by atomic mass is 14.3. The molecule has 0 saturated heterocycles. The van der Waals surface area contributed by atoms with Crippen LogP contribution in [0.25, 0.3) is 6.08 Å². The second kappa shape index (κ2) is 5.30. The highest BCUT2D eigenvalue weighted by Gasteiger charge is 2.21. The smallest absolute Gasteiger partial charge is 0.00549 e. The van der Waals surface area contributed by atoms with Crippen LogP contribution in [-0.4, -0.2) is 0 Å². The predicted octanol–water partition coefficient (Wildman–Crippen LogP) is 5.67. The zero-order chi connectivity index (χ0) is 13.3. The minimum atomic E-state index is 0.622. The molecule has 1 aliphatic rings. The number of hydrogen-bond acceptors (Lipinski definition) is 0. The van der Waals surface area contributed by atoms with E-state index in [0.717, 1.165) is 0 Å². The first-order chi connectivity index (χ1) is 8.54. The van der Waals surface area contributed by atoms with Gasteiger partial charge in [0.25, 0.3) is 0 Å². The Labute approximate surface area is 112 Å². The minimum Gasteiger partial charge on any atom is -0.0652 e. The number of fused-ring (bicyclic) bond motifs is 1. The molecule has 0 unspecified atom stereocenters. The summed E-state index contributed by atoms with van der Waals surface area (Å²) in [6.45, 7) is 11.5. The predicted molar refractivity (Wildman–Crippen MR) is 81.2 cm³/mol. The van der Waals surface area contributed by atoms with Crippen molar-refractivity contribution in [1.29, 1.82) is 0 Å². The van der Waals surface area contributed by atoms with Gasteiger partial charge >= 0.3 is 0 Å². The van der Waals surface area contributed by atoms with Crippen LogP contribution in [0.1, 0.15) is 81.5 Å². The molecular weight excluding hydrogens is 216 g/mol. The van der Waals surface area contributed by atoms with Crippen molar-refractivity contribution in [3.8, 4) is 0 Å². The van der Waals surface area contributed by atoms with Gasteiger partial charge in [0.15, 0.2) is 0 Å². The van der Waals surface area contributed by atoms with Gasteiger partial charge in [0, 0.05) is 0 Å². The number of allylic oxidation sites excluding steroid dienone is 1. The zero-order valence-corrected chi connectivity index (χ0v) is 12.5. The van der Waals surface area contributed by atoms with Gasteiger partial charge in [-0.1, -0.05) is 64.8 Å². The van der Waals surface area contributed by atoms with Crippen molar-refractivity contribution in [2.45, 2.75) is 65.7 Å². The summed E-state index contributed by atoms with van der Waals surface area (Å²) in [5.74, 6) is 1.26. The van der Waals surface area contributed by atoms with E-state index in [1.54, 1.807) is 22.3 Å². The van der Waals surface area contributed by atoms with E-state index >= 15 is 0 Å². The van der Waals surface area contributed by atoms with Crippen molar-refractivity contribution >= 4 is 6.08 Å². The third kappa shape index (κ3) is 2.39. The summed E-state index contributed by atoms with van der Waals surface area (Å²) >= 11 is 0. The Balaban J connectivity index is 2.49. The SMILES string of the molecule is CCCC1=Cc2c(C(C)C)ccc(C(C)C)c2C1. The molecule has 0 atom stereocenters. The van der Waals surface area contributed by atoms with Gasteiger partial charge in [0.05, 0.1) is 0 Å². The van der Waals surface area contributed by atoms with Crippen molar-refractivity contribution in [3.63, 3.8) is 0 Å². The van der Waals surface area contributed by atoms with Crippen LogP contribution in [0.15, 0.2) is 17.7 Å². The molecule has 2 rings (SSSR count). The Kier molecular flexibility index (Phi) is 3.94. The van der Waals surface area contributed by atoms with Gasteiger partial charge in [-0.3, -0.25) is 0 Å². The zero-order valence-electron chi connectivity index (χ0n) is 12.5. The van der Waals surface area contributed by atoms with Crippen LogP contribution in [0.2, 0.25) is 0 Å². The van der Waals surface area contributed by atoms with E-state index in [4.69, 9.17) is 0 Å². The number of hydrogen-bond donors (Lipinski definition) is 0. The number of benzene rings is 1. The van der Waals surface area contributed by atoms with Crippen LogP contribution in [0.4, 0.5) is 0 Å². The highest BCUT2D eigenvalue weighted by molar-refractivity contribution is 5.69. The van der Waals surface area contributed by atoms with Crippen LogP contribution in [0.5, 0.6) is 0 Å². The Morgan fingerprint density at radius 3 is 2.17 bits per heavy atom. The normalized spacial score (nSPS) is 14.3. The molecule has 0 aliphatic heterocycles. The van der Waals surface area contributed by atoms with Gasteiger partial charge in [0.1, 0.15) is 0 Å². The van der Waals surface area contributed by atoms with Gasteiger partial charge in [-0.15, -0.1) is 0 Å². The standard InChI is InChI=1S/C18H26/c1-6-7-14-10-17-15(12(2)3)8-9-16(13(4)5)18(17)11-14/h8-10,12-13H,6-7,11H2,1-5H3. The van der Waals surface area contributed by atoms with Crippen LogP contribution in [0.3, 0.4) is 0 Å². The van der Waals surface area contributed by atoms with Crippen LogP contribution in [0, 0.1) is 0 Å². The van der Waals surface area contributed by atoms with Crippen molar-refractivity contribution in [2.75, 3.05) is 0 Å². The first-order valence-corrected chi connectivity index (χ1v) is 7.39. The third-order valence-corrected chi connectivity index (χ3v) is 3.99. The molecule has 0 saturated carbocycles. The molecule has 0 N–H and O–H groups in total. The molecule has 0 aromatic heterocycles. The van der Waals surface area contributed by atoms with E-state index in [0.29, 0.717) is 11.8 Å². The molecule has 0 fully saturated rings. The topological polar surface area (TPSA) is 0 Å². The van der Waals surface area contributed by atoms with Crippen molar-refractivity contribution in [2.24, 2.45) is 0 Å². The lowest BCUT2D eigenvalue weighted by atomic mass is 9.88. The lowest BCUT2D eigenvalue weighted by molar-refractivity contribution is 0.822. The maximum Gasteiger partial charge on any atom is -0.00549 e. The molecule has 0 spiro atoms. The van der Waals surface area contributed by atoms with Crippen LogP contribution < -0.4 is 0 Å². The van der Waals surface area contributed by atoms with E-state index in [9.17, 15) is 0 Å². The molecule has 1 aromatic carbocycles. The van der Waals surface area contributed by atoms with Crippen molar-refractivity contribution in [1.82, 2.24) is 0 Å². The molecule has 0 amide bonds. The van der Waals surface area contributed by atoms with E-state index in [-0.39, 0.29) is 0 Å². The Bertz CT molecular complexity index is 461. The molecular formula is C18H26. The van der Waals surface area contributed by atoms with Crippen LogP contribution in [-0.2, 0) is 6.42 Å². The summed E-state index contributed by atoms with van der Waals surface area (Å²) in [5, 5.41) is 0. The maximum atomic E-state index is 2.47. The fourth-order valence-corrected chi connectivity index (χ4v) is 3.08. The molecule has 0 nitrogen and oxygen atoms in total. The van der Waals surface area contributed by atoms with Crippen molar-refractivity contribution in [3.05, 3.63) is 40.0 Å². The lowest BCUT2D eigenvalue weighted by Crippen LogP contribution is -2.01. The second-order valence-electron chi connectivity index (χ2n) is 6.18. The van der Waals surface area contributed by atoms with E-state index in [1.165, 1.54) is 24.8 Å². The maximum absolute atomic E-state index is 2.47. The molecule has 0 radical (unpaired) electrons. The summed E-state index contributed by atoms with van der Waals surface area (Å²) in [5.41, 5.74) is 7.86. The monoisotopic (exact) mass is 242 g/mol. The van der Waals surface area contributed by atoms with Crippen molar-refractivity contribution < 1.29 is 0 Å². The first kappa shape index (κ1) is 13.4. The van der Waals surface area contributed by atoms with Gasteiger partial charge in [-0.25, -0.2) is 0 Å². The second-order valence-corrected chi connectivity index (χ2v) is 6.18. The average Bonchev–Trinajstić information content (AvgIpc) is 2.70. The first-order valence-electron chi connectivity index (χ1n) is 7.39. The molecule has 1 aliphatic carbocycles. The fourth-order valence-electron chi connectivity index (χ4n) is 3.08. The highest BCUT2D eigenvalue weighted by Crippen LogP contribution is 2.37. The van der Waals surface area contributed by atoms with Gasteiger partial charge in [-0.2, -0.15) is 0 Å². The van der Waals surface area contributed by atoms with Crippen LogP contribution >= 0.6 is 0 Å². The van der Waals surface area contributed by atoms with E-state index < -0.39 is 0 Å².